The van der Waals surface area contributed by atoms with Crippen molar-refractivity contribution in [2.24, 2.45) is 0 Å². The Morgan fingerprint density at radius 1 is 0.879 bits per heavy atom. The van der Waals surface area contributed by atoms with Crippen LogP contribution in [0.1, 0.15) is 16.1 Å². The number of halogens is 1. The summed E-state index contributed by atoms with van der Waals surface area (Å²) in [4.78, 5) is 27.9. The first-order valence-corrected chi connectivity index (χ1v) is 11.4. The molecule has 33 heavy (non-hydrogen) atoms. The van der Waals surface area contributed by atoms with Gasteiger partial charge in [0.05, 0.1) is 6.54 Å². The van der Waals surface area contributed by atoms with Crippen molar-refractivity contribution >= 4 is 45.7 Å². The van der Waals surface area contributed by atoms with E-state index in [1.807, 2.05) is 72.8 Å². The lowest BCUT2D eigenvalue weighted by Crippen LogP contribution is -2.45. The van der Waals surface area contributed by atoms with Gasteiger partial charge in [0.2, 0.25) is 5.13 Å². The molecule has 1 fully saturated rings. The predicted octanol–water partition coefficient (Wildman–Crippen LogP) is 4.93. The van der Waals surface area contributed by atoms with Crippen LogP contribution in [0, 0.1) is 0 Å². The van der Waals surface area contributed by atoms with Gasteiger partial charge in [0.15, 0.2) is 5.54 Å². The lowest BCUT2D eigenvalue weighted by Gasteiger charge is -2.27. The Balaban J connectivity index is 1.42. The van der Waals surface area contributed by atoms with Crippen LogP contribution < -0.4 is 10.6 Å². The van der Waals surface area contributed by atoms with Crippen molar-refractivity contribution in [2.45, 2.75) is 12.1 Å². The van der Waals surface area contributed by atoms with Gasteiger partial charge in [-0.05, 0) is 35.4 Å². The van der Waals surface area contributed by atoms with Crippen LogP contribution in [0.25, 0.3) is 0 Å². The molecule has 0 spiro atoms. The molecule has 1 aromatic heterocycles. The molecule has 1 aliphatic heterocycles. The van der Waals surface area contributed by atoms with Crippen LogP contribution in [0.15, 0.2) is 84.9 Å². The van der Waals surface area contributed by atoms with Gasteiger partial charge in [0, 0.05) is 10.7 Å². The van der Waals surface area contributed by atoms with Crippen LogP contribution in [-0.4, -0.2) is 27.0 Å². The number of nitrogens with one attached hydrogen (secondary N) is 2. The number of amides is 3. The lowest BCUT2D eigenvalue weighted by molar-refractivity contribution is -0.130. The molecule has 0 atom stereocenters. The molecule has 0 aliphatic carbocycles. The summed E-state index contributed by atoms with van der Waals surface area (Å²) in [5, 5.41) is 16.1. The van der Waals surface area contributed by atoms with E-state index in [4.69, 9.17) is 11.6 Å². The number of carbonyl (C=O) groups is 2. The van der Waals surface area contributed by atoms with Gasteiger partial charge in [0.25, 0.3) is 5.91 Å². The average molecular weight is 476 g/mol. The number of aromatic nitrogens is 2. The summed E-state index contributed by atoms with van der Waals surface area (Å²) in [6.07, 6.45) is 0. The Labute approximate surface area is 199 Å². The predicted molar refractivity (Wildman–Crippen MR) is 127 cm³/mol. The van der Waals surface area contributed by atoms with Crippen molar-refractivity contribution in [1.82, 2.24) is 20.4 Å². The van der Waals surface area contributed by atoms with Crippen LogP contribution in [0.2, 0.25) is 5.02 Å². The fourth-order valence-corrected chi connectivity index (χ4v) is 4.69. The standard InChI is InChI=1S/C24H18ClN5O2S/c25-18-11-13-19(14-12-18)26-22-29-28-20(33-22)15-30-21(31)24(27-23(30)32,16-7-3-1-4-8-16)17-9-5-2-6-10-17/h1-14H,15H2,(H,26,29)(H,27,32). The van der Waals surface area contributed by atoms with Gasteiger partial charge in [-0.3, -0.25) is 9.69 Å². The molecule has 1 aliphatic rings. The zero-order valence-electron chi connectivity index (χ0n) is 17.2. The van der Waals surface area contributed by atoms with Crippen molar-refractivity contribution < 1.29 is 9.59 Å². The van der Waals surface area contributed by atoms with E-state index in [-0.39, 0.29) is 12.5 Å². The van der Waals surface area contributed by atoms with Gasteiger partial charge in [0.1, 0.15) is 5.01 Å². The minimum atomic E-state index is -1.30. The molecular formula is C24H18ClN5O2S. The summed E-state index contributed by atoms with van der Waals surface area (Å²) in [5.41, 5.74) is 0.900. The number of hydrogen-bond donors (Lipinski definition) is 2. The van der Waals surface area contributed by atoms with E-state index in [2.05, 4.69) is 20.8 Å². The third-order valence-corrected chi connectivity index (χ3v) is 6.45. The Kier molecular flexibility index (Phi) is 5.53. The summed E-state index contributed by atoms with van der Waals surface area (Å²) in [6, 6.07) is 25.2. The average Bonchev–Trinajstić information content (AvgIpc) is 3.39. The molecule has 0 bridgehead atoms. The maximum Gasteiger partial charge on any atom is 0.325 e. The second kappa shape index (κ2) is 8.65. The highest BCUT2D eigenvalue weighted by Gasteiger charge is 2.53. The highest BCUT2D eigenvalue weighted by atomic mass is 35.5. The first kappa shape index (κ1) is 21.1. The molecule has 0 saturated carbocycles. The molecule has 9 heteroatoms. The van der Waals surface area contributed by atoms with Crippen molar-refractivity contribution in [1.29, 1.82) is 0 Å². The maximum absolute atomic E-state index is 13.7. The molecule has 2 N–H and O–H groups in total. The van der Waals surface area contributed by atoms with Gasteiger partial charge in [-0.15, -0.1) is 10.2 Å². The number of urea groups is 1. The maximum atomic E-state index is 13.7. The summed E-state index contributed by atoms with van der Waals surface area (Å²) < 4.78 is 0. The second-order valence-electron chi connectivity index (χ2n) is 7.44. The third-order valence-electron chi connectivity index (χ3n) is 5.37. The van der Waals surface area contributed by atoms with Gasteiger partial charge in [-0.25, -0.2) is 4.79 Å². The molecule has 5 rings (SSSR count). The molecule has 1 saturated heterocycles. The minimum absolute atomic E-state index is 0.0199. The topological polar surface area (TPSA) is 87.2 Å². The summed E-state index contributed by atoms with van der Waals surface area (Å²) in [7, 11) is 0. The van der Waals surface area contributed by atoms with E-state index in [1.54, 1.807) is 12.1 Å². The largest absolute Gasteiger partial charge is 0.330 e. The fourth-order valence-electron chi connectivity index (χ4n) is 3.81. The van der Waals surface area contributed by atoms with Crippen LogP contribution >= 0.6 is 22.9 Å². The number of benzene rings is 3. The van der Waals surface area contributed by atoms with E-state index in [0.29, 0.717) is 26.3 Å². The number of nitrogens with zero attached hydrogens (tertiary/aromatic N) is 3. The van der Waals surface area contributed by atoms with Gasteiger partial charge < -0.3 is 10.6 Å². The third kappa shape index (κ3) is 3.94. The Morgan fingerprint density at radius 3 is 2.09 bits per heavy atom. The Morgan fingerprint density at radius 2 is 1.48 bits per heavy atom. The molecule has 2 heterocycles. The molecule has 4 aromatic rings. The number of hydrogen-bond acceptors (Lipinski definition) is 6. The van der Waals surface area contributed by atoms with E-state index in [9.17, 15) is 9.59 Å². The van der Waals surface area contributed by atoms with Crippen LogP contribution in [0.5, 0.6) is 0 Å². The molecule has 3 aromatic carbocycles. The van der Waals surface area contributed by atoms with Crippen molar-refractivity contribution in [2.75, 3.05) is 5.32 Å². The quantitative estimate of drug-likeness (QED) is 0.386. The smallest absolute Gasteiger partial charge is 0.325 e. The van der Waals surface area contributed by atoms with Crippen LogP contribution in [0.4, 0.5) is 15.6 Å². The lowest BCUT2D eigenvalue weighted by atomic mass is 9.82. The molecule has 0 radical (unpaired) electrons. The summed E-state index contributed by atoms with van der Waals surface area (Å²) in [6.45, 7) is 0.0199. The zero-order chi connectivity index (χ0) is 22.8. The van der Waals surface area contributed by atoms with Crippen molar-refractivity contribution in [3.63, 3.8) is 0 Å². The van der Waals surface area contributed by atoms with E-state index in [1.165, 1.54) is 16.2 Å². The Bertz CT molecular complexity index is 1260. The minimum Gasteiger partial charge on any atom is -0.330 e. The molecule has 164 valence electrons. The number of anilines is 2. The Hall–Kier alpha value is -3.75. The molecule has 7 nitrogen and oxygen atoms in total. The number of carbonyl (C=O) groups excluding carboxylic acids is 2. The zero-order valence-corrected chi connectivity index (χ0v) is 18.8. The first-order valence-electron chi connectivity index (χ1n) is 10.2. The molecular weight excluding hydrogens is 458 g/mol. The SMILES string of the molecule is O=C1NC(c2ccccc2)(c2ccccc2)C(=O)N1Cc1nnc(Nc2ccc(Cl)cc2)s1. The van der Waals surface area contributed by atoms with Crippen LogP contribution in [-0.2, 0) is 16.9 Å². The normalized spacial score (nSPS) is 14.9. The number of imide groups is 1. The summed E-state index contributed by atoms with van der Waals surface area (Å²) in [5.74, 6) is -0.354. The van der Waals surface area contributed by atoms with E-state index >= 15 is 0 Å². The van der Waals surface area contributed by atoms with Gasteiger partial charge >= 0.3 is 6.03 Å². The van der Waals surface area contributed by atoms with Crippen molar-refractivity contribution in [3.05, 3.63) is 106 Å². The van der Waals surface area contributed by atoms with Crippen molar-refractivity contribution in [3.8, 4) is 0 Å². The van der Waals surface area contributed by atoms with Gasteiger partial charge in [-0.2, -0.15) is 0 Å². The van der Waals surface area contributed by atoms with Crippen LogP contribution in [0.3, 0.4) is 0 Å². The fraction of sp³-hybridized carbons (Fsp3) is 0.0833. The highest BCUT2D eigenvalue weighted by molar-refractivity contribution is 7.15. The molecule has 0 unspecified atom stereocenters. The molecule has 3 amide bonds. The monoisotopic (exact) mass is 475 g/mol. The van der Waals surface area contributed by atoms with E-state index < -0.39 is 11.6 Å². The number of rotatable bonds is 6. The summed E-state index contributed by atoms with van der Waals surface area (Å²) >= 11 is 7.20. The first-order chi connectivity index (χ1) is 16.1. The van der Waals surface area contributed by atoms with E-state index in [0.717, 1.165) is 5.69 Å². The highest BCUT2D eigenvalue weighted by Crippen LogP contribution is 2.37. The second-order valence-corrected chi connectivity index (χ2v) is 8.93. The van der Waals surface area contributed by atoms with Gasteiger partial charge in [-0.1, -0.05) is 83.6 Å².